The summed E-state index contributed by atoms with van der Waals surface area (Å²) >= 11 is 0. The van der Waals surface area contributed by atoms with Crippen LogP contribution >= 0.6 is 8.38 Å². The minimum atomic E-state index is -1.92. The molecular formula is C7H16NO2P. The summed E-state index contributed by atoms with van der Waals surface area (Å²) in [5.74, 6) is 1.22. The lowest BCUT2D eigenvalue weighted by Gasteiger charge is -1.94. The van der Waals surface area contributed by atoms with Crippen LogP contribution in [0.4, 0.5) is 0 Å². The fourth-order valence-corrected chi connectivity index (χ4v) is 1.02. The molecule has 0 aromatic carbocycles. The maximum absolute atomic E-state index is 8.43. The van der Waals surface area contributed by atoms with Gasteiger partial charge in [-0.3, -0.25) is 4.99 Å². The molecule has 0 bridgehead atoms. The van der Waals surface area contributed by atoms with E-state index >= 15 is 0 Å². The first-order valence-electron chi connectivity index (χ1n) is 3.94. The fourth-order valence-electron chi connectivity index (χ4n) is 0.761. The Morgan fingerprint density at radius 3 is 2.55 bits per heavy atom. The van der Waals surface area contributed by atoms with E-state index in [0.717, 1.165) is 13.0 Å². The average molecular weight is 177 g/mol. The van der Waals surface area contributed by atoms with Crippen LogP contribution in [0, 0.1) is 0 Å². The highest BCUT2D eigenvalue weighted by molar-refractivity contribution is 7.61. The van der Waals surface area contributed by atoms with Crippen molar-refractivity contribution in [3.63, 3.8) is 0 Å². The molecule has 0 atom stereocenters. The van der Waals surface area contributed by atoms with Crippen LogP contribution in [0.2, 0.25) is 0 Å². The SMILES string of the molecule is CCCCCCN=CP(O)O. The van der Waals surface area contributed by atoms with Gasteiger partial charge in [0.15, 0.2) is 0 Å². The molecule has 2 N–H and O–H groups in total. The molecular weight excluding hydrogens is 161 g/mol. The molecule has 0 spiro atoms. The maximum Gasteiger partial charge on any atom is 0.211 e. The Kier molecular flexibility index (Phi) is 8.13. The molecule has 0 fully saturated rings. The van der Waals surface area contributed by atoms with Gasteiger partial charge in [0.05, 0.1) is 5.96 Å². The normalized spacial score (nSPS) is 11.6. The molecule has 0 aromatic heterocycles. The van der Waals surface area contributed by atoms with Crippen LogP contribution in [0.3, 0.4) is 0 Å². The van der Waals surface area contributed by atoms with Gasteiger partial charge in [-0.1, -0.05) is 26.2 Å². The molecule has 3 nitrogen and oxygen atoms in total. The standard InChI is InChI=1S/C7H16NO2P/c1-2-3-4-5-6-8-7-11(9)10/h7,9-10H,2-6H2,1H3. The summed E-state index contributed by atoms with van der Waals surface area (Å²) in [6.45, 7) is 2.88. The quantitative estimate of drug-likeness (QED) is 0.370. The summed E-state index contributed by atoms with van der Waals surface area (Å²) in [5.41, 5.74) is 0. The zero-order valence-corrected chi connectivity index (χ0v) is 7.80. The van der Waals surface area contributed by atoms with Gasteiger partial charge in [-0.15, -0.1) is 0 Å². The molecule has 0 saturated heterocycles. The predicted octanol–water partition coefficient (Wildman–Crippen LogP) is 1.89. The number of nitrogens with zero attached hydrogens (tertiary/aromatic N) is 1. The first kappa shape index (κ1) is 11.0. The van der Waals surface area contributed by atoms with Gasteiger partial charge < -0.3 is 9.79 Å². The van der Waals surface area contributed by atoms with Crippen molar-refractivity contribution in [1.29, 1.82) is 0 Å². The minimum absolute atomic E-state index is 0.722. The van der Waals surface area contributed by atoms with Gasteiger partial charge in [0.25, 0.3) is 0 Å². The molecule has 0 heterocycles. The van der Waals surface area contributed by atoms with Crippen molar-refractivity contribution in [2.75, 3.05) is 6.54 Å². The zero-order chi connectivity index (χ0) is 8.53. The lowest BCUT2D eigenvalue weighted by molar-refractivity contribution is 0.501. The Hall–Kier alpha value is 0.0200. The Labute approximate surface area is 69.1 Å². The number of hydrogen-bond acceptors (Lipinski definition) is 3. The van der Waals surface area contributed by atoms with Crippen LogP contribution in [0.25, 0.3) is 0 Å². The smallest absolute Gasteiger partial charge is 0.211 e. The summed E-state index contributed by atoms with van der Waals surface area (Å²) in [6, 6.07) is 0. The second-order valence-electron chi connectivity index (χ2n) is 2.40. The van der Waals surface area contributed by atoms with E-state index in [1.54, 1.807) is 0 Å². The summed E-state index contributed by atoms with van der Waals surface area (Å²) in [7, 11) is -1.92. The third-order valence-electron chi connectivity index (χ3n) is 1.33. The van der Waals surface area contributed by atoms with E-state index in [9.17, 15) is 0 Å². The molecule has 0 aliphatic heterocycles. The van der Waals surface area contributed by atoms with Crippen molar-refractivity contribution < 1.29 is 9.79 Å². The van der Waals surface area contributed by atoms with E-state index in [-0.39, 0.29) is 0 Å². The molecule has 0 unspecified atom stereocenters. The minimum Gasteiger partial charge on any atom is -0.346 e. The fraction of sp³-hybridized carbons (Fsp3) is 0.857. The topological polar surface area (TPSA) is 52.8 Å². The van der Waals surface area contributed by atoms with Gasteiger partial charge in [0.2, 0.25) is 8.38 Å². The summed E-state index contributed by atoms with van der Waals surface area (Å²) in [4.78, 5) is 20.7. The number of aliphatic imine (C=N–C) groups is 1. The molecule has 0 aromatic rings. The van der Waals surface area contributed by atoms with E-state index in [4.69, 9.17) is 9.79 Å². The van der Waals surface area contributed by atoms with Gasteiger partial charge in [-0.25, -0.2) is 0 Å². The van der Waals surface area contributed by atoms with Crippen molar-refractivity contribution in [2.45, 2.75) is 32.6 Å². The summed E-state index contributed by atoms with van der Waals surface area (Å²) < 4.78 is 0. The highest BCUT2D eigenvalue weighted by Gasteiger charge is 1.89. The average Bonchev–Trinajstić information content (AvgIpc) is 1.96. The molecule has 0 radical (unpaired) electrons. The monoisotopic (exact) mass is 177 g/mol. The lowest BCUT2D eigenvalue weighted by atomic mass is 10.2. The van der Waals surface area contributed by atoms with Crippen molar-refractivity contribution in [3.05, 3.63) is 0 Å². The van der Waals surface area contributed by atoms with Crippen LogP contribution < -0.4 is 0 Å². The molecule has 11 heavy (non-hydrogen) atoms. The second-order valence-corrected chi connectivity index (χ2v) is 3.27. The summed E-state index contributed by atoms with van der Waals surface area (Å²) in [5, 5.41) is 0. The van der Waals surface area contributed by atoms with Crippen LogP contribution in [0.15, 0.2) is 4.99 Å². The Morgan fingerprint density at radius 2 is 2.00 bits per heavy atom. The van der Waals surface area contributed by atoms with Crippen LogP contribution in [0.1, 0.15) is 32.6 Å². The number of hydrogen-bond donors (Lipinski definition) is 2. The molecule has 0 aliphatic carbocycles. The van der Waals surface area contributed by atoms with E-state index in [2.05, 4.69) is 11.9 Å². The molecule has 4 heteroatoms. The highest BCUT2D eigenvalue weighted by Crippen LogP contribution is 2.16. The van der Waals surface area contributed by atoms with Crippen molar-refractivity contribution in [3.8, 4) is 0 Å². The first-order valence-corrected chi connectivity index (χ1v) is 5.26. The molecule has 0 amide bonds. The first-order chi connectivity index (χ1) is 5.27. The summed E-state index contributed by atoms with van der Waals surface area (Å²) in [6.07, 6.45) is 4.69. The van der Waals surface area contributed by atoms with E-state index in [1.165, 1.54) is 25.2 Å². The molecule has 0 aliphatic rings. The van der Waals surface area contributed by atoms with E-state index < -0.39 is 8.38 Å². The highest BCUT2D eigenvalue weighted by atomic mass is 31.2. The second kappa shape index (κ2) is 8.12. The Balaban J connectivity index is 3.01. The van der Waals surface area contributed by atoms with Crippen LogP contribution in [-0.2, 0) is 0 Å². The molecule has 66 valence electrons. The Morgan fingerprint density at radius 1 is 1.27 bits per heavy atom. The zero-order valence-electron chi connectivity index (χ0n) is 6.90. The van der Waals surface area contributed by atoms with Gasteiger partial charge in [-0.05, 0) is 6.42 Å². The van der Waals surface area contributed by atoms with Gasteiger partial charge in [-0.2, -0.15) is 0 Å². The number of unbranched alkanes of at least 4 members (excludes halogenated alkanes) is 3. The van der Waals surface area contributed by atoms with Crippen molar-refractivity contribution in [1.82, 2.24) is 0 Å². The third-order valence-corrected chi connectivity index (χ3v) is 1.70. The van der Waals surface area contributed by atoms with E-state index in [1.807, 2.05) is 0 Å². The third kappa shape index (κ3) is 10.0. The van der Waals surface area contributed by atoms with Crippen molar-refractivity contribution in [2.24, 2.45) is 4.99 Å². The van der Waals surface area contributed by atoms with Crippen molar-refractivity contribution >= 4 is 14.3 Å². The van der Waals surface area contributed by atoms with E-state index in [0.29, 0.717) is 0 Å². The van der Waals surface area contributed by atoms with Crippen LogP contribution in [0.5, 0.6) is 0 Å². The van der Waals surface area contributed by atoms with Gasteiger partial charge in [0.1, 0.15) is 0 Å². The molecule has 0 rings (SSSR count). The van der Waals surface area contributed by atoms with Gasteiger partial charge >= 0.3 is 0 Å². The predicted molar refractivity (Wildman–Crippen MR) is 48.9 cm³/mol. The van der Waals surface area contributed by atoms with Gasteiger partial charge in [0, 0.05) is 6.54 Å². The lowest BCUT2D eigenvalue weighted by Crippen LogP contribution is -1.82. The maximum atomic E-state index is 8.43. The Bertz CT molecular complexity index is 107. The van der Waals surface area contributed by atoms with Crippen LogP contribution in [-0.4, -0.2) is 22.3 Å². The largest absolute Gasteiger partial charge is 0.346 e. The molecule has 0 saturated carbocycles. The number of rotatable bonds is 6.